The number of aryl methyl sites for hydroxylation is 1. The fourth-order valence-electron chi connectivity index (χ4n) is 4.00. The van der Waals surface area contributed by atoms with E-state index in [1.165, 1.54) is 12.3 Å². The third kappa shape index (κ3) is 4.49. The van der Waals surface area contributed by atoms with Crippen molar-refractivity contribution in [3.05, 3.63) is 64.3 Å². The van der Waals surface area contributed by atoms with Gasteiger partial charge in [0.15, 0.2) is 0 Å². The number of halogens is 3. The average Bonchev–Trinajstić information content (AvgIpc) is 2.82. The van der Waals surface area contributed by atoms with Crippen molar-refractivity contribution in [2.45, 2.75) is 25.2 Å². The fourth-order valence-corrected chi connectivity index (χ4v) is 4.00. The Hall–Kier alpha value is -3.24. The maximum atomic E-state index is 12.8. The Morgan fingerprint density at radius 1 is 1.12 bits per heavy atom. The molecule has 0 N–H and O–H groups in total. The number of rotatable bonds is 4. The van der Waals surface area contributed by atoms with E-state index in [4.69, 9.17) is 14.2 Å². The van der Waals surface area contributed by atoms with Crippen molar-refractivity contribution in [1.29, 1.82) is 0 Å². The van der Waals surface area contributed by atoms with Crippen LogP contribution in [0.1, 0.15) is 11.3 Å². The average molecular weight is 459 g/mol. The number of fused-ring (bicyclic) bond motifs is 3. The van der Waals surface area contributed by atoms with E-state index in [0.717, 1.165) is 22.8 Å². The maximum absolute atomic E-state index is 12.8. The molecule has 2 aromatic heterocycles. The lowest BCUT2D eigenvalue weighted by Crippen LogP contribution is -2.34. The zero-order valence-electron chi connectivity index (χ0n) is 17.5. The van der Waals surface area contributed by atoms with Gasteiger partial charge in [-0.3, -0.25) is 9.55 Å². The van der Waals surface area contributed by atoms with Crippen LogP contribution >= 0.6 is 0 Å². The van der Waals surface area contributed by atoms with E-state index in [1.54, 1.807) is 16.7 Å². The predicted octanol–water partition coefficient (Wildman–Crippen LogP) is 3.34. The summed E-state index contributed by atoms with van der Waals surface area (Å²) in [7, 11) is 0. The first kappa shape index (κ1) is 21.6. The summed E-state index contributed by atoms with van der Waals surface area (Å²) in [6.45, 7) is 2.15. The normalized spacial score (nSPS) is 17.8. The van der Waals surface area contributed by atoms with Gasteiger partial charge in [0.25, 0.3) is 0 Å². The molecule has 0 bridgehead atoms. The molecule has 0 amide bonds. The molecule has 0 aliphatic carbocycles. The van der Waals surface area contributed by atoms with E-state index in [9.17, 15) is 18.0 Å². The van der Waals surface area contributed by atoms with Crippen molar-refractivity contribution < 1.29 is 27.4 Å². The molecule has 2 aliphatic heterocycles. The molecule has 3 aromatic rings. The number of hydrogen-bond acceptors (Lipinski definition) is 6. The summed E-state index contributed by atoms with van der Waals surface area (Å²) in [5.41, 5.74) is 2.53. The topological polar surface area (TPSA) is 75.5 Å². The van der Waals surface area contributed by atoms with Crippen LogP contribution in [0, 0.1) is 0 Å². The lowest BCUT2D eigenvalue weighted by Gasteiger charge is -2.24. The second-order valence-electron chi connectivity index (χ2n) is 7.84. The van der Waals surface area contributed by atoms with Crippen LogP contribution in [0.3, 0.4) is 0 Å². The third-order valence-electron chi connectivity index (χ3n) is 5.66. The number of aromatic nitrogens is 3. The van der Waals surface area contributed by atoms with Crippen molar-refractivity contribution in [1.82, 2.24) is 14.5 Å². The van der Waals surface area contributed by atoms with E-state index < -0.39 is 17.6 Å². The standard InChI is InChI=1S/C23H20F3N3O4/c24-23(25,26)20-4-2-16(11-27-20)14-1-3-18-15(9-14)5-6-29-19(18)10-21(28-22(29)30)33-13-17-12-31-7-8-32-17/h1-4,9-11,17H,5-8,12-13H2. The molecule has 1 saturated heterocycles. The van der Waals surface area contributed by atoms with Gasteiger partial charge < -0.3 is 14.2 Å². The van der Waals surface area contributed by atoms with Gasteiger partial charge in [0, 0.05) is 29.9 Å². The predicted molar refractivity (Wildman–Crippen MR) is 112 cm³/mol. The summed E-state index contributed by atoms with van der Waals surface area (Å²) in [6, 6.07) is 9.68. The molecular formula is C23H20F3N3O4. The smallest absolute Gasteiger partial charge is 0.433 e. The van der Waals surface area contributed by atoms with E-state index in [2.05, 4.69) is 9.97 Å². The molecule has 10 heteroatoms. The van der Waals surface area contributed by atoms with Gasteiger partial charge in [0.05, 0.1) is 25.5 Å². The number of benzene rings is 1. The molecule has 1 unspecified atom stereocenters. The zero-order chi connectivity index (χ0) is 23.0. The highest BCUT2D eigenvalue weighted by atomic mass is 19.4. The van der Waals surface area contributed by atoms with Gasteiger partial charge in [-0.1, -0.05) is 24.3 Å². The van der Waals surface area contributed by atoms with Gasteiger partial charge in [0.2, 0.25) is 5.88 Å². The first-order chi connectivity index (χ1) is 15.9. The van der Waals surface area contributed by atoms with Crippen molar-refractivity contribution in [3.8, 4) is 28.3 Å². The summed E-state index contributed by atoms with van der Waals surface area (Å²) in [4.78, 5) is 20.1. The van der Waals surface area contributed by atoms with E-state index in [0.29, 0.717) is 44.0 Å². The molecule has 4 heterocycles. The molecular weight excluding hydrogens is 439 g/mol. The van der Waals surface area contributed by atoms with E-state index >= 15 is 0 Å². The molecule has 0 radical (unpaired) electrons. The Labute approximate surface area is 186 Å². The molecule has 5 rings (SSSR count). The molecule has 172 valence electrons. The van der Waals surface area contributed by atoms with Crippen LogP contribution in [0.5, 0.6) is 5.88 Å². The summed E-state index contributed by atoms with van der Waals surface area (Å²) in [6.07, 6.45) is -2.88. The van der Waals surface area contributed by atoms with Gasteiger partial charge in [-0.05, 0) is 23.6 Å². The minimum absolute atomic E-state index is 0.212. The second-order valence-corrected chi connectivity index (χ2v) is 7.84. The largest absolute Gasteiger partial charge is 0.475 e. The van der Waals surface area contributed by atoms with Crippen LogP contribution in [0.4, 0.5) is 13.2 Å². The first-order valence-corrected chi connectivity index (χ1v) is 10.5. The number of ether oxygens (including phenoxy) is 3. The molecule has 7 nitrogen and oxygen atoms in total. The van der Waals surface area contributed by atoms with Gasteiger partial charge >= 0.3 is 11.9 Å². The Bertz CT molecular complexity index is 1220. The van der Waals surface area contributed by atoms with Crippen LogP contribution in [-0.2, 0) is 28.6 Å². The van der Waals surface area contributed by atoms with Crippen molar-refractivity contribution in [2.24, 2.45) is 0 Å². The number of alkyl halides is 3. The molecule has 33 heavy (non-hydrogen) atoms. The Morgan fingerprint density at radius 2 is 1.97 bits per heavy atom. The third-order valence-corrected chi connectivity index (χ3v) is 5.66. The van der Waals surface area contributed by atoms with Crippen LogP contribution in [0.15, 0.2) is 47.4 Å². The monoisotopic (exact) mass is 459 g/mol. The number of pyridine rings is 1. The van der Waals surface area contributed by atoms with Gasteiger partial charge in [-0.15, -0.1) is 0 Å². The number of nitrogens with zero attached hydrogens (tertiary/aromatic N) is 3. The SMILES string of the molecule is O=c1nc(OCC2COCCO2)cc2n1CCc1cc(-c3ccc(C(F)(F)F)nc3)ccc1-2. The molecule has 1 atom stereocenters. The summed E-state index contributed by atoms with van der Waals surface area (Å²) in [5, 5.41) is 0. The Kier molecular flexibility index (Phi) is 5.63. The molecule has 0 saturated carbocycles. The molecule has 1 aromatic carbocycles. The Morgan fingerprint density at radius 3 is 2.70 bits per heavy atom. The molecule has 2 aliphatic rings. The maximum Gasteiger partial charge on any atom is 0.433 e. The van der Waals surface area contributed by atoms with Crippen LogP contribution < -0.4 is 10.4 Å². The highest BCUT2D eigenvalue weighted by molar-refractivity contribution is 5.73. The quantitative estimate of drug-likeness (QED) is 0.596. The minimum Gasteiger partial charge on any atom is -0.475 e. The van der Waals surface area contributed by atoms with Crippen LogP contribution in [-0.4, -0.2) is 47.1 Å². The van der Waals surface area contributed by atoms with E-state index in [-0.39, 0.29) is 18.6 Å². The Balaban J connectivity index is 1.41. The van der Waals surface area contributed by atoms with Gasteiger partial charge in [-0.2, -0.15) is 18.2 Å². The lowest BCUT2D eigenvalue weighted by molar-refractivity contribution is -0.141. The molecule has 1 fully saturated rings. The lowest BCUT2D eigenvalue weighted by atomic mass is 9.93. The summed E-state index contributed by atoms with van der Waals surface area (Å²) in [5.74, 6) is 0.212. The summed E-state index contributed by atoms with van der Waals surface area (Å²) >= 11 is 0. The van der Waals surface area contributed by atoms with Crippen molar-refractivity contribution >= 4 is 0 Å². The second kappa shape index (κ2) is 8.60. The van der Waals surface area contributed by atoms with Crippen LogP contribution in [0.2, 0.25) is 0 Å². The van der Waals surface area contributed by atoms with Crippen molar-refractivity contribution in [3.63, 3.8) is 0 Å². The van der Waals surface area contributed by atoms with E-state index in [1.807, 2.05) is 12.1 Å². The highest BCUT2D eigenvalue weighted by Gasteiger charge is 2.32. The van der Waals surface area contributed by atoms with Crippen LogP contribution in [0.25, 0.3) is 22.4 Å². The first-order valence-electron chi connectivity index (χ1n) is 10.5. The highest BCUT2D eigenvalue weighted by Crippen LogP contribution is 2.34. The fraction of sp³-hybridized carbons (Fsp3) is 0.348. The zero-order valence-corrected chi connectivity index (χ0v) is 17.5. The minimum atomic E-state index is -4.48. The number of hydrogen-bond donors (Lipinski definition) is 0. The summed E-state index contributed by atoms with van der Waals surface area (Å²) < 4.78 is 56.6. The van der Waals surface area contributed by atoms with Gasteiger partial charge in [0.1, 0.15) is 18.4 Å². The van der Waals surface area contributed by atoms with Crippen molar-refractivity contribution in [2.75, 3.05) is 26.4 Å². The molecule has 0 spiro atoms. The van der Waals surface area contributed by atoms with Gasteiger partial charge in [-0.25, -0.2) is 4.79 Å².